The third-order valence-electron chi connectivity index (χ3n) is 7.74. The number of sulfonamides is 1. The zero-order chi connectivity index (χ0) is 35.6. The van der Waals surface area contributed by atoms with E-state index < -0.39 is 56.9 Å². The molecule has 0 bridgehead atoms. The fourth-order valence-electron chi connectivity index (χ4n) is 5.16. The van der Waals surface area contributed by atoms with Gasteiger partial charge in [-0.2, -0.15) is 13.2 Å². The van der Waals surface area contributed by atoms with E-state index in [1.54, 1.807) is 54.6 Å². The van der Waals surface area contributed by atoms with Crippen molar-refractivity contribution < 1.29 is 35.9 Å². The normalized spacial score (nSPS) is 12.2. The number of nitrogens with zero attached hydrogens (tertiary/aromatic N) is 2. The van der Waals surface area contributed by atoms with E-state index in [9.17, 15) is 31.2 Å². The minimum absolute atomic E-state index is 0.0824. The number of halogens is 4. The van der Waals surface area contributed by atoms with Crippen molar-refractivity contribution in [3.63, 3.8) is 0 Å². The maximum atomic E-state index is 14.5. The summed E-state index contributed by atoms with van der Waals surface area (Å²) in [5, 5.41) is 2.26. The van der Waals surface area contributed by atoms with Crippen molar-refractivity contribution in [3.8, 4) is 5.75 Å². The van der Waals surface area contributed by atoms with Gasteiger partial charge in [-0.05, 0) is 60.0 Å². The Bertz CT molecular complexity index is 1830. The monoisotopic (exact) mass is 715 g/mol. The Kier molecular flexibility index (Phi) is 12.7. The van der Waals surface area contributed by atoms with E-state index >= 15 is 0 Å². The number of benzene rings is 4. The Labute approximate surface area is 289 Å². The van der Waals surface area contributed by atoms with Gasteiger partial charge in [-0.3, -0.25) is 13.9 Å². The van der Waals surface area contributed by atoms with Crippen molar-refractivity contribution in [2.75, 3.05) is 24.5 Å². The first-order chi connectivity index (χ1) is 23.3. The maximum Gasteiger partial charge on any atom is 0.417 e. The van der Waals surface area contributed by atoms with Crippen molar-refractivity contribution in [2.45, 2.75) is 49.8 Å². The number of methoxy groups -OCH3 is 1. The van der Waals surface area contributed by atoms with Crippen LogP contribution in [0.5, 0.6) is 5.75 Å². The number of hydrogen-bond acceptors (Lipinski definition) is 5. The molecule has 49 heavy (non-hydrogen) atoms. The second kappa shape index (κ2) is 16.7. The van der Waals surface area contributed by atoms with Crippen LogP contribution in [0.1, 0.15) is 36.5 Å². The summed E-state index contributed by atoms with van der Waals surface area (Å²) in [4.78, 5) is 29.4. The molecular formula is C36H37ClF3N3O5S. The number of carbonyl (C=O) groups is 2. The molecule has 0 aliphatic rings. The van der Waals surface area contributed by atoms with Gasteiger partial charge >= 0.3 is 6.18 Å². The van der Waals surface area contributed by atoms with Gasteiger partial charge in [-0.15, -0.1) is 0 Å². The van der Waals surface area contributed by atoms with Crippen LogP contribution < -0.4 is 14.4 Å². The molecule has 0 aliphatic carbocycles. The highest BCUT2D eigenvalue weighted by Crippen LogP contribution is 2.38. The molecule has 0 radical (unpaired) electrons. The van der Waals surface area contributed by atoms with Gasteiger partial charge in [0, 0.05) is 19.5 Å². The number of rotatable bonds is 15. The lowest BCUT2D eigenvalue weighted by molar-refractivity contribution is -0.140. The molecule has 0 unspecified atom stereocenters. The van der Waals surface area contributed by atoms with Gasteiger partial charge in [-0.25, -0.2) is 8.42 Å². The summed E-state index contributed by atoms with van der Waals surface area (Å²) in [5.41, 5.74) is -0.376. The molecule has 4 rings (SSSR count). The Morgan fingerprint density at radius 2 is 1.55 bits per heavy atom. The van der Waals surface area contributed by atoms with Gasteiger partial charge in [0.05, 0.1) is 28.3 Å². The number of ether oxygens (including phenoxy) is 1. The Morgan fingerprint density at radius 3 is 2.18 bits per heavy atom. The quantitative estimate of drug-likeness (QED) is 0.132. The molecule has 0 saturated carbocycles. The third-order valence-corrected chi connectivity index (χ3v) is 9.86. The van der Waals surface area contributed by atoms with Crippen LogP contribution in [0.4, 0.5) is 18.9 Å². The summed E-state index contributed by atoms with van der Waals surface area (Å²) < 4.78 is 76.0. The summed E-state index contributed by atoms with van der Waals surface area (Å²) in [6, 6.07) is 24.4. The topological polar surface area (TPSA) is 96.0 Å². The molecule has 0 fully saturated rings. The largest absolute Gasteiger partial charge is 0.497 e. The van der Waals surface area contributed by atoms with Gasteiger partial charge in [0.15, 0.2) is 0 Å². The second-order valence-corrected chi connectivity index (χ2v) is 13.5. The number of anilines is 1. The molecule has 0 spiro atoms. The number of amides is 2. The van der Waals surface area contributed by atoms with E-state index in [2.05, 4.69) is 5.32 Å². The number of unbranched alkanes of at least 4 members (excludes halogenated alkanes) is 1. The average Bonchev–Trinajstić information content (AvgIpc) is 3.09. The van der Waals surface area contributed by atoms with E-state index in [0.717, 1.165) is 24.1 Å². The zero-order valence-corrected chi connectivity index (χ0v) is 28.6. The molecule has 1 atom stereocenters. The van der Waals surface area contributed by atoms with Gasteiger partial charge in [-0.1, -0.05) is 85.6 Å². The molecule has 0 heterocycles. The molecule has 4 aromatic rings. The summed E-state index contributed by atoms with van der Waals surface area (Å²) in [6.45, 7) is 1.26. The van der Waals surface area contributed by atoms with Crippen LogP contribution in [0.2, 0.25) is 5.02 Å². The average molecular weight is 716 g/mol. The molecular weight excluding hydrogens is 679 g/mol. The molecule has 0 aromatic heterocycles. The fourth-order valence-corrected chi connectivity index (χ4v) is 6.81. The minimum atomic E-state index is -4.91. The highest BCUT2D eigenvalue weighted by Gasteiger charge is 2.37. The fraction of sp³-hybridized carbons (Fsp3) is 0.278. The van der Waals surface area contributed by atoms with Crippen molar-refractivity contribution >= 4 is 39.1 Å². The molecule has 2 amide bonds. The summed E-state index contributed by atoms with van der Waals surface area (Å²) in [6.07, 6.45) is -3.33. The predicted molar refractivity (Wildman–Crippen MR) is 183 cm³/mol. The first-order valence-electron chi connectivity index (χ1n) is 15.5. The molecule has 8 nitrogen and oxygen atoms in total. The molecule has 1 N–H and O–H groups in total. The number of alkyl halides is 3. The first-order valence-corrected chi connectivity index (χ1v) is 17.4. The van der Waals surface area contributed by atoms with Crippen LogP contribution in [0.15, 0.2) is 108 Å². The van der Waals surface area contributed by atoms with Crippen LogP contribution in [-0.4, -0.2) is 51.4 Å². The summed E-state index contributed by atoms with van der Waals surface area (Å²) in [7, 11) is -3.13. The van der Waals surface area contributed by atoms with Crippen molar-refractivity contribution in [1.29, 1.82) is 0 Å². The van der Waals surface area contributed by atoms with Crippen LogP contribution in [0.3, 0.4) is 0 Å². The number of nitrogens with one attached hydrogen (secondary N) is 1. The van der Waals surface area contributed by atoms with Gasteiger partial charge in [0.2, 0.25) is 11.8 Å². The van der Waals surface area contributed by atoms with Crippen LogP contribution in [0, 0.1) is 0 Å². The number of hydrogen-bond donors (Lipinski definition) is 1. The van der Waals surface area contributed by atoms with Gasteiger partial charge in [0.25, 0.3) is 10.0 Å². The van der Waals surface area contributed by atoms with Crippen LogP contribution in [0.25, 0.3) is 0 Å². The standard InChI is InChI=1S/C36H37ClF3N3O5S/c1-3-4-20-41-35(45)33(22-26-12-7-5-8-13-26)42(24-27-14-11-15-29(21-27)48-2)34(44)25-43(49(46,47)30-16-9-6-10-17-30)28-18-19-32(37)31(23-28)36(38,39)40/h5-19,21,23,33H,3-4,20,22,24-25H2,1-2H3,(H,41,45)/t33-/m0/s1. The van der Waals surface area contributed by atoms with Crippen molar-refractivity contribution in [1.82, 2.24) is 10.2 Å². The second-order valence-electron chi connectivity index (χ2n) is 11.2. The molecule has 13 heteroatoms. The predicted octanol–water partition coefficient (Wildman–Crippen LogP) is 7.12. The van der Waals surface area contributed by atoms with E-state index in [4.69, 9.17) is 16.3 Å². The molecule has 0 aliphatic heterocycles. The molecule has 4 aromatic carbocycles. The SMILES string of the molecule is CCCCNC(=O)[C@H](Cc1ccccc1)N(Cc1cccc(OC)c1)C(=O)CN(c1ccc(Cl)c(C(F)(F)F)c1)S(=O)(=O)c1ccccc1. The van der Waals surface area contributed by atoms with E-state index in [0.29, 0.717) is 34.7 Å². The molecule has 0 saturated heterocycles. The minimum Gasteiger partial charge on any atom is -0.497 e. The third kappa shape index (κ3) is 9.76. The van der Waals surface area contributed by atoms with E-state index in [-0.39, 0.29) is 17.9 Å². The number of carbonyl (C=O) groups excluding carboxylic acids is 2. The lowest BCUT2D eigenvalue weighted by atomic mass is 10.0. The highest BCUT2D eigenvalue weighted by atomic mass is 35.5. The van der Waals surface area contributed by atoms with Gasteiger partial charge < -0.3 is 15.0 Å². The Balaban J connectivity index is 1.85. The summed E-state index contributed by atoms with van der Waals surface area (Å²) >= 11 is 5.88. The van der Waals surface area contributed by atoms with E-state index in [1.165, 1.54) is 36.3 Å². The highest BCUT2D eigenvalue weighted by molar-refractivity contribution is 7.92. The van der Waals surface area contributed by atoms with Crippen molar-refractivity contribution in [3.05, 3.63) is 125 Å². The Morgan fingerprint density at radius 1 is 0.898 bits per heavy atom. The Hall–Kier alpha value is -4.55. The summed E-state index contributed by atoms with van der Waals surface area (Å²) in [5.74, 6) is -0.791. The smallest absolute Gasteiger partial charge is 0.417 e. The lowest BCUT2D eigenvalue weighted by Gasteiger charge is -2.34. The van der Waals surface area contributed by atoms with Crippen molar-refractivity contribution in [2.24, 2.45) is 0 Å². The maximum absolute atomic E-state index is 14.5. The van der Waals surface area contributed by atoms with Crippen LogP contribution in [-0.2, 0) is 38.8 Å². The zero-order valence-electron chi connectivity index (χ0n) is 27.0. The lowest BCUT2D eigenvalue weighted by Crippen LogP contribution is -2.53. The van der Waals surface area contributed by atoms with E-state index in [1.807, 2.05) is 13.0 Å². The first kappa shape index (κ1) is 37.3. The molecule has 260 valence electrons. The van der Waals surface area contributed by atoms with Crippen LogP contribution >= 0.6 is 11.6 Å². The van der Waals surface area contributed by atoms with Gasteiger partial charge in [0.1, 0.15) is 18.3 Å².